The summed E-state index contributed by atoms with van der Waals surface area (Å²) < 4.78 is 0. The third kappa shape index (κ3) is 7.53. The third-order valence-corrected chi connectivity index (χ3v) is 3.84. The Morgan fingerprint density at radius 3 is 2.63 bits per heavy atom. The first-order valence-corrected chi connectivity index (χ1v) is 7.89. The van der Waals surface area contributed by atoms with Crippen molar-refractivity contribution in [2.24, 2.45) is 5.73 Å². The number of unbranched alkanes of at least 4 members (excludes halogenated alkanes) is 1. The van der Waals surface area contributed by atoms with Gasteiger partial charge in [-0.1, -0.05) is 13.3 Å². The molecule has 1 heterocycles. The highest BCUT2D eigenvalue weighted by atomic mass is 16.1. The number of rotatable bonds is 8. The van der Waals surface area contributed by atoms with Gasteiger partial charge in [0.2, 0.25) is 5.91 Å². The molecule has 4 heteroatoms. The van der Waals surface area contributed by atoms with Crippen LogP contribution in [0.25, 0.3) is 0 Å². The zero-order valence-electron chi connectivity index (χ0n) is 12.7. The summed E-state index contributed by atoms with van der Waals surface area (Å²) in [6.07, 6.45) is 7.20. The number of nitrogens with two attached hydrogens (primary N) is 1. The fraction of sp³-hybridized carbons (Fsp3) is 0.933. The van der Waals surface area contributed by atoms with Crippen LogP contribution in [0.4, 0.5) is 0 Å². The van der Waals surface area contributed by atoms with Crippen LogP contribution in [-0.2, 0) is 4.79 Å². The largest absolute Gasteiger partial charge is 0.353 e. The molecule has 1 fully saturated rings. The first-order valence-electron chi connectivity index (χ1n) is 7.89. The van der Waals surface area contributed by atoms with E-state index in [1.165, 1.54) is 19.4 Å². The van der Waals surface area contributed by atoms with Crippen LogP contribution in [0, 0.1) is 0 Å². The number of hydrogen-bond acceptors (Lipinski definition) is 3. The smallest absolute Gasteiger partial charge is 0.220 e. The van der Waals surface area contributed by atoms with Crippen LogP contribution in [0.15, 0.2) is 0 Å². The van der Waals surface area contributed by atoms with Crippen LogP contribution in [0.1, 0.15) is 58.8 Å². The number of carbonyl (C=O) groups excluding carboxylic acids is 1. The number of nitrogens with zero attached hydrogens (tertiary/aromatic N) is 1. The second kappa shape index (κ2) is 9.32. The van der Waals surface area contributed by atoms with Gasteiger partial charge in [-0.05, 0) is 45.6 Å². The molecule has 0 aromatic carbocycles. The molecule has 0 bridgehead atoms. The van der Waals surface area contributed by atoms with E-state index >= 15 is 0 Å². The fourth-order valence-corrected chi connectivity index (χ4v) is 2.57. The Labute approximate surface area is 118 Å². The van der Waals surface area contributed by atoms with Gasteiger partial charge in [0.05, 0.1) is 0 Å². The van der Waals surface area contributed by atoms with Gasteiger partial charge in [0.1, 0.15) is 0 Å². The Morgan fingerprint density at radius 1 is 1.37 bits per heavy atom. The first-order chi connectivity index (χ1) is 9.11. The van der Waals surface area contributed by atoms with E-state index in [4.69, 9.17) is 5.73 Å². The number of carbonyl (C=O) groups is 1. The minimum atomic E-state index is 0.202. The summed E-state index contributed by atoms with van der Waals surface area (Å²) in [5, 5.41) is 3.16. The molecule has 4 nitrogen and oxygen atoms in total. The Hall–Kier alpha value is -0.610. The maximum Gasteiger partial charge on any atom is 0.220 e. The summed E-state index contributed by atoms with van der Waals surface area (Å²) in [6, 6.07) is 0.593. The summed E-state index contributed by atoms with van der Waals surface area (Å²) >= 11 is 0. The topological polar surface area (TPSA) is 58.4 Å². The molecule has 1 amide bonds. The molecule has 3 N–H and O–H groups in total. The lowest BCUT2D eigenvalue weighted by molar-refractivity contribution is -0.122. The van der Waals surface area contributed by atoms with Gasteiger partial charge >= 0.3 is 0 Å². The van der Waals surface area contributed by atoms with Crippen LogP contribution < -0.4 is 11.1 Å². The molecule has 1 saturated heterocycles. The van der Waals surface area contributed by atoms with Crippen LogP contribution in [-0.4, -0.2) is 42.5 Å². The van der Waals surface area contributed by atoms with E-state index in [-0.39, 0.29) is 11.9 Å². The molecule has 1 rings (SSSR count). The van der Waals surface area contributed by atoms with E-state index in [1.54, 1.807) is 0 Å². The van der Waals surface area contributed by atoms with E-state index in [9.17, 15) is 4.79 Å². The van der Waals surface area contributed by atoms with Crippen molar-refractivity contribution in [1.29, 1.82) is 0 Å². The summed E-state index contributed by atoms with van der Waals surface area (Å²) in [6.45, 7) is 7.69. The molecule has 0 radical (unpaired) electrons. The molecule has 0 spiro atoms. The zero-order chi connectivity index (χ0) is 14.1. The van der Waals surface area contributed by atoms with Gasteiger partial charge in [-0.3, -0.25) is 4.79 Å². The maximum atomic E-state index is 11.8. The van der Waals surface area contributed by atoms with Crippen molar-refractivity contribution in [2.75, 3.05) is 19.6 Å². The van der Waals surface area contributed by atoms with Crippen molar-refractivity contribution in [3.63, 3.8) is 0 Å². The average molecular weight is 269 g/mol. The third-order valence-electron chi connectivity index (χ3n) is 3.84. The van der Waals surface area contributed by atoms with Gasteiger partial charge in [0, 0.05) is 31.6 Å². The minimum Gasteiger partial charge on any atom is -0.353 e. The van der Waals surface area contributed by atoms with Crippen molar-refractivity contribution < 1.29 is 4.79 Å². The van der Waals surface area contributed by atoms with Crippen molar-refractivity contribution in [3.05, 3.63) is 0 Å². The second-order valence-corrected chi connectivity index (χ2v) is 5.91. The highest BCUT2D eigenvalue weighted by Gasteiger charge is 2.19. The lowest BCUT2D eigenvalue weighted by Crippen LogP contribution is -2.44. The van der Waals surface area contributed by atoms with Gasteiger partial charge < -0.3 is 16.0 Å². The Kier molecular flexibility index (Phi) is 8.07. The molecule has 0 aromatic rings. The van der Waals surface area contributed by atoms with Gasteiger partial charge in [0.15, 0.2) is 0 Å². The van der Waals surface area contributed by atoms with Gasteiger partial charge in [-0.15, -0.1) is 0 Å². The molecular weight excluding hydrogens is 238 g/mol. The quantitative estimate of drug-likeness (QED) is 0.707. The summed E-state index contributed by atoms with van der Waals surface area (Å²) in [7, 11) is 0. The molecule has 19 heavy (non-hydrogen) atoms. The maximum absolute atomic E-state index is 11.8. The predicted octanol–water partition coefficient (Wildman–Crippen LogP) is 1.88. The molecule has 0 aliphatic carbocycles. The Morgan fingerprint density at radius 2 is 2.05 bits per heavy atom. The van der Waals surface area contributed by atoms with Crippen molar-refractivity contribution >= 4 is 5.91 Å². The van der Waals surface area contributed by atoms with Gasteiger partial charge in [-0.2, -0.15) is 0 Å². The Balaban J connectivity index is 2.09. The van der Waals surface area contributed by atoms with E-state index in [2.05, 4.69) is 17.1 Å². The Bertz CT molecular complexity index is 248. The summed E-state index contributed by atoms with van der Waals surface area (Å²) in [5.74, 6) is 0.202. The lowest BCUT2D eigenvalue weighted by Gasteiger charge is -2.32. The van der Waals surface area contributed by atoms with Crippen LogP contribution >= 0.6 is 0 Å². The molecule has 1 unspecified atom stereocenters. The van der Waals surface area contributed by atoms with Crippen LogP contribution in [0.5, 0.6) is 0 Å². The molecule has 0 aromatic heterocycles. The van der Waals surface area contributed by atoms with E-state index in [0.29, 0.717) is 12.5 Å². The number of likely N-dealkylation sites (tertiary alicyclic amines) is 1. The number of amides is 1. The molecule has 1 atom stereocenters. The molecule has 1 aliphatic heterocycles. The van der Waals surface area contributed by atoms with Gasteiger partial charge in [-0.25, -0.2) is 0 Å². The highest BCUT2D eigenvalue weighted by Crippen LogP contribution is 2.11. The molecular formula is C15H31N3O. The van der Waals surface area contributed by atoms with Crippen molar-refractivity contribution in [2.45, 2.75) is 70.9 Å². The average Bonchev–Trinajstić information content (AvgIpc) is 2.37. The number of piperidine rings is 1. The zero-order valence-corrected chi connectivity index (χ0v) is 12.7. The normalized spacial score (nSPS) is 19.3. The summed E-state index contributed by atoms with van der Waals surface area (Å²) in [5.41, 5.74) is 5.68. The van der Waals surface area contributed by atoms with E-state index in [0.717, 1.165) is 38.8 Å². The molecule has 1 aliphatic rings. The van der Waals surface area contributed by atoms with Crippen LogP contribution in [0.3, 0.4) is 0 Å². The minimum absolute atomic E-state index is 0.202. The number of nitrogens with one attached hydrogen (secondary N) is 1. The lowest BCUT2D eigenvalue weighted by atomic mass is 10.0. The first kappa shape index (κ1) is 16.4. The predicted molar refractivity (Wildman–Crippen MR) is 80.0 cm³/mol. The van der Waals surface area contributed by atoms with E-state index < -0.39 is 0 Å². The number of hydrogen-bond donors (Lipinski definition) is 2. The van der Waals surface area contributed by atoms with Crippen LogP contribution in [0.2, 0.25) is 0 Å². The van der Waals surface area contributed by atoms with Gasteiger partial charge in [0.25, 0.3) is 0 Å². The summed E-state index contributed by atoms with van der Waals surface area (Å²) in [4.78, 5) is 14.3. The monoisotopic (exact) mass is 269 g/mol. The fourth-order valence-electron chi connectivity index (χ4n) is 2.57. The molecule has 112 valence electrons. The van der Waals surface area contributed by atoms with E-state index in [1.807, 2.05) is 6.92 Å². The van der Waals surface area contributed by atoms with Crippen molar-refractivity contribution in [1.82, 2.24) is 10.2 Å². The molecule has 0 saturated carbocycles. The second-order valence-electron chi connectivity index (χ2n) is 5.91. The highest BCUT2D eigenvalue weighted by molar-refractivity contribution is 5.76. The SMILES string of the molecule is CCCCN1CCC(NC(=O)CCCC(C)N)CC1. The standard InChI is InChI=1S/C15H31N3O/c1-3-4-10-18-11-8-14(9-12-18)17-15(19)7-5-6-13(2)16/h13-14H,3-12,16H2,1-2H3,(H,17,19). The van der Waals surface area contributed by atoms with Crippen molar-refractivity contribution in [3.8, 4) is 0 Å².